The number of carbonyl (C=O) groups is 1. The second-order valence-electron chi connectivity index (χ2n) is 4.24. The summed E-state index contributed by atoms with van der Waals surface area (Å²) in [6.45, 7) is 3.19. The van der Waals surface area contributed by atoms with Crippen molar-refractivity contribution in [2.45, 2.75) is 25.9 Å². The number of hydrogen-bond donors (Lipinski definition) is 0. The molecule has 1 aromatic carbocycles. The van der Waals surface area contributed by atoms with E-state index in [2.05, 4.69) is 4.98 Å². The van der Waals surface area contributed by atoms with Gasteiger partial charge in [-0.3, -0.25) is 4.79 Å². The lowest BCUT2D eigenvalue weighted by Crippen LogP contribution is -2.27. The Morgan fingerprint density at radius 1 is 1.50 bits per heavy atom. The fourth-order valence-corrected chi connectivity index (χ4v) is 2.96. The van der Waals surface area contributed by atoms with E-state index in [9.17, 15) is 10.1 Å². The molecule has 0 amide bonds. The van der Waals surface area contributed by atoms with Gasteiger partial charge in [0, 0.05) is 6.92 Å². The monoisotopic (exact) mass is 304 g/mol. The molecule has 0 radical (unpaired) electrons. The highest BCUT2D eigenvalue weighted by Gasteiger charge is 2.29. The Bertz CT molecular complexity index is 670. The first-order valence-corrected chi connectivity index (χ1v) is 7.21. The van der Waals surface area contributed by atoms with Crippen LogP contribution in [-0.2, 0) is 9.53 Å². The minimum Gasteiger partial charge on any atom is -0.477 e. The maximum Gasteiger partial charge on any atom is 0.197 e. The van der Waals surface area contributed by atoms with Crippen LogP contribution in [0.15, 0.2) is 24.3 Å². The second-order valence-corrected chi connectivity index (χ2v) is 5.87. The molecule has 0 saturated heterocycles. The zero-order valence-electron chi connectivity index (χ0n) is 11.0. The van der Waals surface area contributed by atoms with Crippen molar-refractivity contribution in [1.29, 1.82) is 5.26 Å². The average molecular weight is 304 g/mol. The number of ketones is 1. The Morgan fingerprint density at radius 2 is 2.20 bits per heavy atom. The van der Waals surface area contributed by atoms with Gasteiger partial charge >= 0.3 is 0 Å². The average Bonchev–Trinajstić information content (AvgIpc) is 2.81. The Labute approximate surface area is 126 Å². The molecule has 0 fully saturated rings. The fraction of sp³-hybridized carbons (Fsp3) is 0.286. The summed E-state index contributed by atoms with van der Waals surface area (Å²) in [6.07, 6.45) is -0.746. The molecule has 4 nitrogen and oxygen atoms in total. The van der Waals surface area contributed by atoms with Gasteiger partial charge in [0.05, 0.1) is 16.3 Å². The van der Waals surface area contributed by atoms with E-state index in [1.165, 1.54) is 11.3 Å². The van der Waals surface area contributed by atoms with E-state index in [0.717, 1.165) is 10.2 Å². The summed E-state index contributed by atoms with van der Waals surface area (Å²) in [7, 11) is 0. The van der Waals surface area contributed by atoms with Crippen LogP contribution in [0, 0.1) is 11.3 Å². The molecule has 2 aromatic rings. The molecule has 1 heterocycles. The van der Waals surface area contributed by atoms with Crippen LogP contribution in [0.2, 0.25) is 0 Å². The molecule has 0 saturated carbocycles. The molecule has 1 aromatic heterocycles. The molecule has 6 heteroatoms. The molecule has 0 N–H and O–H groups in total. The lowest BCUT2D eigenvalue weighted by molar-refractivity contribution is -0.125. The van der Waals surface area contributed by atoms with E-state index in [0.29, 0.717) is 5.01 Å². The number of Topliss-reactive ketones (excluding diaryl/α,β-unsaturated/α-hetero) is 1. The maximum absolute atomic E-state index is 12.2. The largest absolute Gasteiger partial charge is 0.477 e. The van der Waals surface area contributed by atoms with Crippen molar-refractivity contribution in [2.24, 2.45) is 0 Å². The molecule has 0 aliphatic heterocycles. The van der Waals surface area contributed by atoms with Crippen LogP contribution >= 0.6 is 23.6 Å². The lowest BCUT2D eigenvalue weighted by atomic mass is 10.0. The van der Waals surface area contributed by atoms with Gasteiger partial charge in [-0.15, -0.1) is 11.3 Å². The smallest absolute Gasteiger partial charge is 0.197 e. The third-order valence-corrected chi connectivity index (χ3v) is 3.91. The number of rotatable bonds is 4. The molecule has 102 valence electrons. The van der Waals surface area contributed by atoms with Gasteiger partial charge in [-0.1, -0.05) is 12.1 Å². The number of para-hydroxylation sites is 1. The number of aromatic nitrogens is 1. The maximum atomic E-state index is 12.2. The Hall–Kier alpha value is -1.84. The van der Waals surface area contributed by atoms with Crippen molar-refractivity contribution in [3.63, 3.8) is 0 Å². The molecule has 2 rings (SSSR count). The van der Waals surface area contributed by atoms with E-state index in [1.807, 2.05) is 30.3 Å². The van der Waals surface area contributed by atoms with Gasteiger partial charge in [-0.05, 0) is 31.3 Å². The number of nitrogens with zero attached hydrogens (tertiary/aromatic N) is 2. The van der Waals surface area contributed by atoms with E-state index in [1.54, 1.807) is 13.8 Å². The lowest BCUT2D eigenvalue weighted by Gasteiger charge is -2.14. The third kappa shape index (κ3) is 3.00. The van der Waals surface area contributed by atoms with Crippen molar-refractivity contribution in [1.82, 2.24) is 4.98 Å². The van der Waals surface area contributed by atoms with Crippen LogP contribution in [-0.4, -0.2) is 21.9 Å². The van der Waals surface area contributed by atoms with Crippen molar-refractivity contribution in [3.8, 4) is 6.07 Å². The predicted molar refractivity (Wildman–Crippen MR) is 81.8 cm³/mol. The van der Waals surface area contributed by atoms with Crippen LogP contribution in [0.1, 0.15) is 24.8 Å². The molecule has 0 bridgehead atoms. The number of ether oxygens (including phenoxy) is 1. The summed E-state index contributed by atoms with van der Waals surface area (Å²) in [6, 6.07) is 9.55. The van der Waals surface area contributed by atoms with Gasteiger partial charge < -0.3 is 4.74 Å². The van der Waals surface area contributed by atoms with E-state index < -0.39 is 12.0 Å². The van der Waals surface area contributed by atoms with Crippen LogP contribution in [0.5, 0.6) is 0 Å². The van der Waals surface area contributed by atoms with Crippen LogP contribution < -0.4 is 0 Å². The predicted octanol–water partition coefficient (Wildman–Crippen LogP) is 3.22. The quantitative estimate of drug-likeness (QED) is 0.812. The van der Waals surface area contributed by atoms with Crippen molar-refractivity contribution < 1.29 is 9.53 Å². The summed E-state index contributed by atoms with van der Waals surface area (Å²) in [4.78, 5) is 16.6. The molecule has 2 unspecified atom stereocenters. The molecule has 2 atom stereocenters. The fourth-order valence-electron chi connectivity index (χ4n) is 1.80. The first-order valence-electron chi connectivity index (χ1n) is 5.99. The van der Waals surface area contributed by atoms with Crippen LogP contribution in [0.25, 0.3) is 10.2 Å². The summed E-state index contributed by atoms with van der Waals surface area (Å²) < 4.78 is 6.15. The van der Waals surface area contributed by atoms with Crippen LogP contribution in [0.3, 0.4) is 0 Å². The van der Waals surface area contributed by atoms with Gasteiger partial charge in [-0.2, -0.15) is 5.26 Å². The normalized spacial score (nSPS) is 13.4. The molecule has 0 aliphatic carbocycles. The summed E-state index contributed by atoms with van der Waals surface area (Å²) >= 11 is 6.16. The second kappa shape index (κ2) is 6.07. The highest BCUT2D eigenvalue weighted by atomic mass is 32.1. The van der Waals surface area contributed by atoms with Gasteiger partial charge in [-0.25, -0.2) is 4.98 Å². The highest BCUT2D eigenvalue weighted by molar-refractivity contribution is 7.80. The summed E-state index contributed by atoms with van der Waals surface area (Å²) in [5, 5.41) is 10.0. The minimum atomic E-state index is -0.920. The van der Waals surface area contributed by atoms with E-state index in [-0.39, 0.29) is 10.8 Å². The number of hydrogen-bond acceptors (Lipinski definition) is 6. The van der Waals surface area contributed by atoms with Crippen molar-refractivity contribution in [3.05, 3.63) is 29.3 Å². The molecular weight excluding hydrogens is 292 g/mol. The summed E-state index contributed by atoms with van der Waals surface area (Å²) in [5.74, 6) is -1.24. The van der Waals surface area contributed by atoms with Crippen molar-refractivity contribution >= 4 is 44.6 Å². The Kier molecular flexibility index (Phi) is 4.42. The van der Waals surface area contributed by atoms with Gasteiger partial charge in [0.1, 0.15) is 5.01 Å². The number of benzene rings is 1. The van der Waals surface area contributed by atoms with E-state index >= 15 is 0 Å². The minimum absolute atomic E-state index is 0.284. The first kappa shape index (κ1) is 14.6. The topological polar surface area (TPSA) is 63.0 Å². The van der Waals surface area contributed by atoms with Crippen LogP contribution in [0.4, 0.5) is 0 Å². The van der Waals surface area contributed by atoms with Crippen molar-refractivity contribution in [2.75, 3.05) is 0 Å². The molecule has 20 heavy (non-hydrogen) atoms. The van der Waals surface area contributed by atoms with Gasteiger partial charge in [0.25, 0.3) is 0 Å². The third-order valence-electron chi connectivity index (χ3n) is 2.71. The zero-order valence-corrected chi connectivity index (χ0v) is 12.6. The molecular formula is C14H12N2O2S2. The SMILES string of the molecule is CC(=S)OC(C)C(=O)C(C#N)c1nc2ccccc2s1. The Balaban J connectivity index is 2.30. The van der Waals surface area contributed by atoms with Gasteiger partial charge in [0.15, 0.2) is 22.9 Å². The first-order chi connectivity index (χ1) is 9.52. The summed E-state index contributed by atoms with van der Waals surface area (Å²) in [5.41, 5.74) is 0.792. The number of fused-ring (bicyclic) bond motifs is 1. The number of thiocarbonyl (C=S) groups is 1. The molecule has 0 spiro atoms. The number of thiazole rings is 1. The highest BCUT2D eigenvalue weighted by Crippen LogP contribution is 2.28. The van der Waals surface area contributed by atoms with Gasteiger partial charge in [0.2, 0.25) is 0 Å². The number of carbonyl (C=O) groups excluding carboxylic acids is 1. The number of nitriles is 1. The standard InChI is InChI=1S/C14H12N2O2S2/c1-8(18-9(2)19)13(17)10(7-15)14-16-11-5-3-4-6-12(11)20-14/h3-6,8,10H,1-2H3. The zero-order chi connectivity index (χ0) is 14.7. The molecule has 0 aliphatic rings. The van der Waals surface area contributed by atoms with E-state index in [4.69, 9.17) is 17.0 Å². The Morgan fingerprint density at radius 3 is 2.80 bits per heavy atom.